The lowest BCUT2D eigenvalue weighted by atomic mass is 9.97. The highest BCUT2D eigenvalue weighted by molar-refractivity contribution is 7.89. The SMILES string of the molecule is COc1ccc(Cl)cc1S(=O)(=O)N1CCC[C@@H](C(=O)N2C[C@H](C(=O)NCc3ccccc3)Oc3ccccc32)C1. The maximum absolute atomic E-state index is 13.9. The Balaban J connectivity index is 1.35. The Morgan fingerprint density at radius 3 is 2.58 bits per heavy atom. The predicted molar refractivity (Wildman–Crippen MR) is 151 cm³/mol. The van der Waals surface area contributed by atoms with Crippen LogP contribution in [0.4, 0.5) is 5.69 Å². The molecule has 2 heterocycles. The van der Waals surface area contributed by atoms with Gasteiger partial charge in [-0.25, -0.2) is 8.42 Å². The Kier molecular flexibility index (Phi) is 8.30. The number of carbonyl (C=O) groups excluding carboxylic acids is 2. The quantitative estimate of drug-likeness (QED) is 0.453. The second kappa shape index (κ2) is 11.9. The number of nitrogens with zero attached hydrogens (tertiary/aromatic N) is 2. The summed E-state index contributed by atoms with van der Waals surface area (Å²) in [6.45, 7) is 0.618. The number of para-hydroxylation sites is 2. The van der Waals surface area contributed by atoms with Crippen molar-refractivity contribution in [3.8, 4) is 11.5 Å². The van der Waals surface area contributed by atoms with E-state index in [2.05, 4.69) is 5.32 Å². The molecule has 1 N–H and O–H groups in total. The van der Waals surface area contributed by atoms with E-state index in [0.29, 0.717) is 30.8 Å². The van der Waals surface area contributed by atoms with Gasteiger partial charge in [-0.1, -0.05) is 54.1 Å². The number of benzene rings is 3. The summed E-state index contributed by atoms with van der Waals surface area (Å²) in [6, 6.07) is 21.0. The van der Waals surface area contributed by atoms with Crippen molar-refractivity contribution in [3.63, 3.8) is 0 Å². The highest BCUT2D eigenvalue weighted by Crippen LogP contribution is 2.36. The summed E-state index contributed by atoms with van der Waals surface area (Å²) in [7, 11) is -2.58. The first-order valence-corrected chi connectivity index (χ1v) is 14.8. The molecule has 40 heavy (non-hydrogen) atoms. The third-order valence-corrected chi connectivity index (χ3v) is 9.24. The Morgan fingerprint density at radius 2 is 1.80 bits per heavy atom. The van der Waals surface area contributed by atoms with Crippen LogP contribution >= 0.6 is 11.6 Å². The average molecular weight is 584 g/mol. The Bertz CT molecular complexity index is 1500. The number of hydrogen-bond donors (Lipinski definition) is 1. The van der Waals surface area contributed by atoms with Crippen LogP contribution in [0.1, 0.15) is 18.4 Å². The molecule has 2 amide bonds. The van der Waals surface area contributed by atoms with E-state index in [0.717, 1.165) is 5.56 Å². The zero-order valence-corrected chi connectivity index (χ0v) is 23.5. The van der Waals surface area contributed by atoms with Gasteiger partial charge in [0.05, 0.1) is 25.3 Å². The topological polar surface area (TPSA) is 105 Å². The number of hydrogen-bond acceptors (Lipinski definition) is 6. The van der Waals surface area contributed by atoms with Gasteiger partial charge in [-0.3, -0.25) is 9.59 Å². The number of anilines is 1. The Hall–Kier alpha value is -3.60. The molecule has 11 heteroatoms. The minimum atomic E-state index is -3.98. The van der Waals surface area contributed by atoms with Crippen LogP contribution in [-0.4, -0.2) is 57.4 Å². The number of halogens is 1. The van der Waals surface area contributed by atoms with Gasteiger partial charge in [0, 0.05) is 24.7 Å². The fourth-order valence-electron chi connectivity index (χ4n) is 5.05. The number of piperidine rings is 1. The first-order valence-electron chi connectivity index (χ1n) is 13.0. The Morgan fingerprint density at radius 1 is 1.05 bits per heavy atom. The lowest BCUT2D eigenvalue weighted by Crippen LogP contribution is -2.53. The van der Waals surface area contributed by atoms with Gasteiger partial charge in [0.2, 0.25) is 15.9 Å². The lowest BCUT2D eigenvalue weighted by Gasteiger charge is -2.38. The molecule has 0 aliphatic carbocycles. The van der Waals surface area contributed by atoms with Crippen LogP contribution in [0.5, 0.6) is 11.5 Å². The number of rotatable bonds is 7. The van der Waals surface area contributed by atoms with Crippen LogP contribution in [0, 0.1) is 5.92 Å². The van der Waals surface area contributed by atoms with Crippen LogP contribution < -0.4 is 19.7 Å². The van der Waals surface area contributed by atoms with E-state index < -0.39 is 22.0 Å². The van der Waals surface area contributed by atoms with E-state index in [1.165, 1.54) is 23.5 Å². The van der Waals surface area contributed by atoms with Crippen LogP contribution in [0.15, 0.2) is 77.7 Å². The minimum absolute atomic E-state index is 0.00122. The summed E-state index contributed by atoms with van der Waals surface area (Å²) in [4.78, 5) is 28.5. The molecule has 1 fully saturated rings. The third kappa shape index (κ3) is 5.79. The van der Waals surface area contributed by atoms with E-state index in [-0.39, 0.29) is 47.1 Å². The lowest BCUT2D eigenvalue weighted by molar-refractivity contribution is -0.129. The van der Waals surface area contributed by atoms with Gasteiger partial charge >= 0.3 is 0 Å². The zero-order valence-electron chi connectivity index (χ0n) is 22.0. The van der Waals surface area contributed by atoms with Gasteiger partial charge in [-0.05, 0) is 48.7 Å². The molecule has 2 aliphatic heterocycles. The predicted octanol–water partition coefficient (Wildman–Crippen LogP) is 3.86. The van der Waals surface area contributed by atoms with Crippen LogP contribution in [-0.2, 0) is 26.2 Å². The first-order chi connectivity index (χ1) is 19.3. The van der Waals surface area contributed by atoms with Gasteiger partial charge in [0.15, 0.2) is 6.10 Å². The molecule has 3 aromatic rings. The molecule has 0 unspecified atom stereocenters. The summed E-state index contributed by atoms with van der Waals surface area (Å²) in [5.74, 6) is -0.588. The molecule has 3 aromatic carbocycles. The van der Waals surface area contributed by atoms with Crippen LogP contribution in [0.3, 0.4) is 0 Å². The maximum Gasteiger partial charge on any atom is 0.263 e. The molecular formula is C29H30ClN3O6S. The van der Waals surface area contributed by atoms with Crippen molar-refractivity contribution in [1.29, 1.82) is 0 Å². The van der Waals surface area contributed by atoms with Crippen molar-refractivity contribution in [2.45, 2.75) is 30.4 Å². The van der Waals surface area contributed by atoms with Crippen LogP contribution in [0.25, 0.3) is 0 Å². The van der Waals surface area contributed by atoms with Gasteiger partial charge < -0.3 is 19.7 Å². The van der Waals surface area contributed by atoms with Gasteiger partial charge in [-0.15, -0.1) is 0 Å². The average Bonchev–Trinajstić information content (AvgIpc) is 2.99. The smallest absolute Gasteiger partial charge is 0.263 e. The fourth-order valence-corrected chi connectivity index (χ4v) is 6.99. The number of nitrogens with one attached hydrogen (secondary N) is 1. The standard InChI is InChI=1S/C29H30ClN3O6S/c1-38-25-14-13-22(30)16-27(25)40(36,37)32-15-7-10-21(18-32)29(35)33-19-26(39-24-12-6-5-11-23(24)33)28(34)31-17-20-8-3-2-4-9-20/h2-6,8-9,11-14,16,21,26H,7,10,15,17-19H2,1H3,(H,31,34)/t21-,26-/m1/s1. The fraction of sp³-hybridized carbons (Fsp3) is 0.310. The number of amides is 2. The number of ether oxygens (including phenoxy) is 2. The molecule has 2 aliphatic rings. The Labute approximate surface area is 238 Å². The molecule has 0 saturated carbocycles. The van der Waals surface area contributed by atoms with E-state index in [4.69, 9.17) is 21.1 Å². The minimum Gasteiger partial charge on any atom is -0.495 e. The van der Waals surface area contributed by atoms with Gasteiger partial charge in [-0.2, -0.15) is 4.31 Å². The molecule has 5 rings (SSSR count). The van der Waals surface area contributed by atoms with E-state index >= 15 is 0 Å². The maximum atomic E-state index is 13.9. The van der Waals surface area contributed by atoms with Gasteiger partial charge in [0.25, 0.3) is 5.91 Å². The van der Waals surface area contributed by atoms with E-state index in [1.54, 1.807) is 35.2 Å². The largest absolute Gasteiger partial charge is 0.495 e. The number of fused-ring (bicyclic) bond motifs is 1. The summed E-state index contributed by atoms with van der Waals surface area (Å²) in [6.07, 6.45) is 0.106. The van der Waals surface area contributed by atoms with Crippen molar-refractivity contribution in [3.05, 3.63) is 83.4 Å². The second-order valence-corrected chi connectivity index (χ2v) is 12.1. The highest BCUT2D eigenvalue weighted by atomic mass is 35.5. The molecule has 2 atom stereocenters. The van der Waals surface area contributed by atoms with Crippen molar-refractivity contribution in [1.82, 2.24) is 9.62 Å². The zero-order chi connectivity index (χ0) is 28.3. The second-order valence-electron chi connectivity index (χ2n) is 9.72. The van der Waals surface area contributed by atoms with Gasteiger partial charge in [0.1, 0.15) is 16.4 Å². The monoisotopic (exact) mass is 583 g/mol. The molecule has 9 nitrogen and oxygen atoms in total. The van der Waals surface area contributed by atoms with E-state index in [1.807, 2.05) is 30.3 Å². The van der Waals surface area contributed by atoms with Crippen molar-refractivity contribution >= 4 is 39.1 Å². The summed E-state index contributed by atoms with van der Waals surface area (Å²) in [5, 5.41) is 3.16. The van der Waals surface area contributed by atoms with Crippen molar-refractivity contribution in [2.24, 2.45) is 5.92 Å². The third-order valence-electron chi connectivity index (χ3n) is 7.12. The normalized spacial score (nSPS) is 19.3. The molecule has 0 bridgehead atoms. The van der Waals surface area contributed by atoms with Crippen LogP contribution in [0.2, 0.25) is 5.02 Å². The van der Waals surface area contributed by atoms with E-state index in [9.17, 15) is 18.0 Å². The molecule has 0 radical (unpaired) electrons. The summed E-state index contributed by atoms with van der Waals surface area (Å²) < 4.78 is 39.7. The molecule has 210 valence electrons. The first kappa shape index (κ1) is 27.9. The number of methoxy groups -OCH3 is 1. The van der Waals surface area contributed by atoms with Crippen molar-refractivity contribution < 1.29 is 27.5 Å². The summed E-state index contributed by atoms with van der Waals surface area (Å²) >= 11 is 6.10. The molecule has 0 spiro atoms. The van der Waals surface area contributed by atoms with Crippen molar-refractivity contribution in [2.75, 3.05) is 31.6 Å². The molecule has 1 saturated heterocycles. The number of carbonyl (C=O) groups is 2. The highest BCUT2D eigenvalue weighted by Gasteiger charge is 2.40. The summed E-state index contributed by atoms with van der Waals surface area (Å²) in [5.41, 5.74) is 1.50. The molecule has 0 aromatic heterocycles. The number of sulfonamides is 1. The molecular weight excluding hydrogens is 554 g/mol.